The van der Waals surface area contributed by atoms with Crippen LogP contribution in [0.4, 0.5) is 0 Å². The summed E-state index contributed by atoms with van der Waals surface area (Å²) in [5.74, 6) is -0.420. The third-order valence-electron chi connectivity index (χ3n) is 12.7. The molecule has 1 atom stereocenters. The first-order valence-corrected chi connectivity index (χ1v) is 29.5. The van der Waals surface area contributed by atoms with Gasteiger partial charge in [-0.2, -0.15) is 0 Å². The molecule has 0 fully saturated rings. The Bertz CT molecular complexity index is 1210. The molecule has 0 bridgehead atoms. The van der Waals surface area contributed by atoms with E-state index in [2.05, 4.69) is 93.7 Å². The lowest BCUT2D eigenvalue weighted by Crippen LogP contribution is -2.30. The van der Waals surface area contributed by atoms with Gasteiger partial charge >= 0.3 is 11.9 Å². The summed E-state index contributed by atoms with van der Waals surface area (Å²) in [5, 5.41) is 0. The van der Waals surface area contributed by atoms with E-state index < -0.39 is 6.10 Å². The summed E-state index contributed by atoms with van der Waals surface area (Å²) < 4.78 is 17.4. The number of ether oxygens (including phenoxy) is 3. The van der Waals surface area contributed by atoms with Gasteiger partial charge in [0.25, 0.3) is 0 Å². The molecule has 0 saturated heterocycles. The van der Waals surface area contributed by atoms with Crippen LogP contribution in [0.5, 0.6) is 0 Å². The van der Waals surface area contributed by atoms with Crippen molar-refractivity contribution in [2.45, 2.75) is 297 Å². The van der Waals surface area contributed by atoms with Crippen LogP contribution in [0.1, 0.15) is 290 Å². The molecular weight excluding hydrogens is 837 g/mol. The number of allylic oxidation sites excluding steroid dienone is 12. The Morgan fingerprint density at radius 1 is 0.338 bits per heavy atom. The second-order valence-electron chi connectivity index (χ2n) is 19.5. The van der Waals surface area contributed by atoms with Crippen LogP contribution in [-0.4, -0.2) is 37.9 Å². The molecule has 0 aromatic carbocycles. The molecule has 0 aromatic rings. The zero-order valence-electron chi connectivity index (χ0n) is 45.4. The van der Waals surface area contributed by atoms with Crippen molar-refractivity contribution < 1.29 is 23.8 Å². The number of esters is 2. The molecular formula is C63H112O5. The maximum Gasteiger partial charge on any atom is 0.306 e. The second kappa shape index (κ2) is 58.7. The van der Waals surface area contributed by atoms with Crippen molar-refractivity contribution in [2.24, 2.45) is 0 Å². The highest BCUT2D eigenvalue weighted by Gasteiger charge is 2.17. The van der Waals surface area contributed by atoms with Crippen molar-refractivity contribution >= 4 is 11.9 Å². The zero-order valence-corrected chi connectivity index (χ0v) is 45.4. The van der Waals surface area contributed by atoms with Crippen molar-refractivity contribution in [2.75, 3.05) is 19.8 Å². The molecule has 0 rings (SSSR count). The standard InChI is InChI=1S/C63H112O5/c1-4-7-10-13-16-19-22-25-28-30-32-33-36-38-41-44-47-50-53-56-62(64)67-60-61(68-63(65)57-54-51-48-45-42-39-35-27-24-21-18-15-12-9-6-3)59-66-58-55-52-49-46-43-40-37-34-31-29-26-23-20-17-14-11-8-5-2/h8,11,17,20,26-27,29,34-35,37,43,46,61H,4-7,9-10,12-16,18-19,21-25,28,30-33,36,38-42,44-45,47-60H2,1-3H3/b11-8-,20-17-,29-26-,35-27-,37-34-,46-43-. The number of carbonyl (C=O) groups is 2. The zero-order chi connectivity index (χ0) is 49.2. The molecule has 1 unspecified atom stereocenters. The molecule has 0 heterocycles. The van der Waals surface area contributed by atoms with E-state index in [4.69, 9.17) is 14.2 Å². The summed E-state index contributed by atoms with van der Waals surface area (Å²) >= 11 is 0. The Morgan fingerprint density at radius 2 is 0.662 bits per heavy atom. The lowest BCUT2D eigenvalue weighted by Gasteiger charge is -2.18. The van der Waals surface area contributed by atoms with Crippen molar-refractivity contribution in [1.29, 1.82) is 0 Å². The highest BCUT2D eigenvalue weighted by Crippen LogP contribution is 2.16. The quantitative estimate of drug-likeness (QED) is 0.0345. The molecule has 5 nitrogen and oxygen atoms in total. The lowest BCUT2D eigenvalue weighted by atomic mass is 10.0. The molecule has 0 aliphatic carbocycles. The summed E-state index contributed by atoms with van der Waals surface area (Å²) in [6, 6.07) is 0. The predicted molar refractivity (Wildman–Crippen MR) is 297 cm³/mol. The molecule has 0 N–H and O–H groups in total. The maximum absolute atomic E-state index is 12.9. The van der Waals surface area contributed by atoms with E-state index in [1.165, 1.54) is 167 Å². The fourth-order valence-corrected chi connectivity index (χ4v) is 8.36. The Labute approximate surface area is 423 Å². The highest BCUT2D eigenvalue weighted by molar-refractivity contribution is 5.70. The van der Waals surface area contributed by atoms with Crippen molar-refractivity contribution in [3.63, 3.8) is 0 Å². The van der Waals surface area contributed by atoms with E-state index in [9.17, 15) is 9.59 Å². The number of hydrogen-bond acceptors (Lipinski definition) is 5. The van der Waals surface area contributed by atoms with Crippen LogP contribution in [0.3, 0.4) is 0 Å². The van der Waals surface area contributed by atoms with Crippen LogP contribution in [-0.2, 0) is 23.8 Å². The van der Waals surface area contributed by atoms with Crippen LogP contribution < -0.4 is 0 Å². The molecule has 394 valence electrons. The van der Waals surface area contributed by atoms with Gasteiger partial charge in [0, 0.05) is 19.4 Å². The number of carbonyl (C=O) groups excluding carboxylic acids is 2. The monoisotopic (exact) mass is 949 g/mol. The van der Waals surface area contributed by atoms with Gasteiger partial charge in [0.1, 0.15) is 6.61 Å². The van der Waals surface area contributed by atoms with E-state index in [1.54, 1.807) is 0 Å². The third kappa shape index (κ3) is 55.9. The highest BCUT2D eigenvalue weighted by atomic mass is 16.6. The summed E-state index contributed by atoms with van der Waals surface area (Å²) in [6.07, 6.45) is 76.5. The Morgan fingerprint density at radius 3 is 1.07 bits per heavy atom. The van der Waals surface area contributed by atoms with Crippen LogP contribution >= 0.6 is 0 Å². The van der Waals surface area contributed by atoms with Crippen LogP contribution in [0, 0.1) is 0 Å². The van der Waals surface area contributed by atoms with E-state index >= 15 is 0 Å². The van der Waals surface area contributed by atoms with Crippen molar-refractivity contribution in [3.05, 3.63) is 72.9 Å². The van der Waals surface area contributed by atoms with Crippen molar-refractivity contribution in [1.82, 2.24) is 0 Å². The summed E-state index contributed by atoms with van der Waals surface area (Å²) in [6.45, 7) is 7.64. The van der Waals surface area contributed by atoms with Gasteiger partial charge in [-0.1, -0.05) is 261 Å². The van der Waals surface area contributed by atoms with E-state index in [1.807, 2.05) is 0 Å². The minimum Gasteiger partial charge on any atom is -0.462 e. The van der Waals surface area contributed by atoms with E-state index in [0.717, 1.165) is 89.9 Å². The smallest absolute Gasteiger partial charge is 0.306 e. The largest absolute Gasteiger partial charge is 0.462 e. The Kier molecular flexibility index (Phi) is 56.4. The first-order valence-electron chi connectivity index (χ1n) is 29.5. The number of hydrogen-bond donors (Lipinski definition) is 0. The van der Waals surface area contributed by atoms with E-state index in [0.29, 0.717) is 19.4 Å². The SMILES string of the molecule is CC/C=C\C/C=C\C/C=C\C/C=C\C/C=C\CCCCOCC(COC(=O)CCCCCCCCCCCCCCCCCCCCC)OC(=O)CCCCCCC/C=C\CCCCCCCC. The fraction of sp³-hybridized carbons (Fsp3) is 0.778. The van der Waals surface area contributed by atoms with Gasteiger partial charge in [-0.15, -0.1) is 0 Å². The summed E-state index contributed by atoms with van der Waals surface area (Å²) in [7, 11) is 0. The van der Waals surface area contributed by atoms with Gasteiger partial charge in [0.2, 0.25) is 0 Å². The number of unbranched alkanes of at least 4 members (excludes halogenated alkanes) is 31. The molecule has 0 amide bonds. The van der Waals surface area contributed by atoms with Gasteiger partial charge in [-0.3, -0.25) is 9.59 Å². The van der Waals surface area contributed by atoms with Gasteiger partial charge in [-0.05, 0) is 89.9 Å². The second-order valence-corrected chi connectivity index (χ2v) is 19.5. The summed E-state index contributed by atoms with van der Waals surface area (Å²) in [5.41, 5.74) is 0. The Hall–Kier alpha value is -2.66. The normalized spacial score (nSPS) is 12.7. The van der Waals surface area contributed by atoms with Crippen LogP contribution in [0.2, 0.25) is 0 Å². The van der Waals surface area contributed by atoms with Crippen LogP contribution in [0.15, 0.2) is 72.9 Å². The molecule has 0 saturated carbocycles. The molecule has 0 spiro atoms. The topological polar surface area (TPSA) is 61.8 Å². The fourth-order valence-electron chi connectivity index (χ4n) is 8.36. The third-order valence-corrected chi connectivity index (χ3v) is 12.7. The minimum atomic E-state index is -0.564. The van der Waals surface area contributed by atoms with Gasteiger partial charge in [0.05, 0.1) is 6.61 Å². The van der Waals surface area contributed by atoms with E-state index in [-0.39, 0.29) is 25.2 Å². The molecule has 0 radical (unpaired) electrons. The molecule has 0 aromatic heterocycles. The average molecular weight is 950 g/mol. The van der Waals surface area contributed by atoms with Gasteiger partial charge in [-0.25, -0.2) is 0 Å². The van der Waals surface area contributed by atoms with Crippen molar-refractivity contribution in [3.8, 4) is 0 Å². The van der Waals surface area contributed by atoms with Crippen LogP contribution in [0.25, 0.3) is 0 Å². The predicted octanol–water partition coefficient (Wildman–Crippen LogP) is 20.2. The summed E-state index contributed by atoms with van der Waals surface area (Å²) in [4.78, 5) is 25.5. The molecule has 0 aliphatic heterocycles. The van der Waals surface area contributed by atoms with Gasteiger partial charge in [0.15, 0.2) is 6.10 Å². The minimum absolute atomic E-state index is 0.0656. The first kappa shape index (κ1) is 65.3. The maximum atomic E-state index is 12.9. The number of rotatable bonds is 54. The molecule has 68 heavy (non-hydrogen) atoms. The van der Waals surface area contributed by atoms with Gasteiger partial charge < -0.3 is 14.2 Å². The average Bonchev–Trinajstić information content (AvgIpc) is 3.34. The first-order chi connectivity index (χ1) is 33.6. The lowest BCUT2D eigenvalue weighted by molar-refractivity contribution is -0.163. The molecule has 5 heteroatoms. The molecule has 0 aliphatic rings. The Balaban J connectivity index is 4.32.